The van der Waals surface area contributed by atoms with Crippen molar-refractivity contribution in [2.75, 3.05) is 19.0 Å². The van der Waals surface area contributed by atoms with Crippen LogP contribution in [0, 0.1) is 17.0 Å². The van der Waals surface area contributed by atoms with Gasteiger partial charge in [0.15, 0.2) is 6.61 Å². The highest BCUT2D eigenvalue weighted by molar-refractivity contribution is 6.04. The molecule has 9 heteroatoms. The van der Waals surface area contributed by atoms with Gasteiger partial charge < -0.3 is 14.8 Å². The molecule has 0 aliphatic rings. The second-order valence-electron chi connectivity index (χ2n) is 7.02. The van der Waals surface area contributed by atoms with Crippen LogP contribution in [-0.4, -0.2) is 36.3 Å². The lowest BCUT2D eigenvalue weighted by atomic mass is 10.1. The monoisotopic (exact) mass is 448 g/mol. The number of nitro groups is 1. The molecule has 168 valence electrons. The van der Waals surface area contributed by atoms with E-state index in [-0.39, 0.29) is 22.7 Å². The summed E-state index contributed by atoms with van der Waals surface area (Å²) < 4.78 is 10.1. The highest BCUT2D eigenvalue weighted by atomic mass is 16.6. The molecule has 0 spiro atoms. The second kappa shape index (κ2) is 10.2. The van der Waals surface area contributed by atoms with Gasteiger partial charge in [-0.05, 0) is 55.5 Å². The summed E-state index contributed by atoms with van der Waals surface area (Å²) in [6.07, 6.45) is 0. The minimum absolute atomic E-state index is 0.0803. The van der Waals surface area contributed by atoms with Crippen LogP contribution in [0.3, 0.4) is 0 Å². The molecule has 0 atom stereocenters. The Morgan fingerprint density at radius 1 is 0.909 bits per heavy atom. The van der Waals surface area contributed by atoms with E-state index < -0.39 is 23.3 Å². The minimum atomic E-state index is -0.738. The van der Waals surface area contributed by atoms with Crippen molar-refractivity contribution >= 4 is 29.0 Å². The number of nitro benzene ring substituents is 1. The smallest absolute Gasteiger partial charge is 0.338 e. The van der Waals surface area contributed by atoms with E-state index in [1.165, 1.54) is 43.5 Å². The Hall–Kier alpha value is -4.53. The van der Waals surface area contributed by atoms with E-state index in [4.69, 9.17) is 9.47 Å². The number of ketones is 1. The average molecular weight is 448 g/mol. The number of benzene rings is 3. The van der Waals surface area contributed by atoms with Gasteiger partial charge in [0, 0.05) is 28.4 Å². The fraction of sp³-hybridized carbons (Fsp3) is 0.125. The maximum Gasteiger partial charge on any atom is 0.338 e. The lowest BCUT2D eigenvalue weighted by Crippen LogP contribution is -2.15. The van der Waals surface area contributed by atoms with Crippen molar-refractivity contribution in [2.24, 2.45) is 0 Å². The maximum atomic E-state index is 12.3. The molecule has 3 aromatic rings. The van der Waals surface area contributed by atoms with E-state index in [1.54, 1.807) is 31.2 Å². The number of methoxy groups -OCH3 is 1. The van der Waals surface area contributed by atoms with Crippen molar-refractivity contribution in [3.05, 3.63) is 99.1 Å². The number of nitrogens with zero attached hydrogens (tertiary/aromatic N) is 1. The first kappa shape index (κ1) is 23.1. The molecule has 3 aromatic carbocycles. The first-order chi connectivity index (χ1) is 15.8. The van der Waals surface area contributed by atoms with Gasteiger partial charge in [-0.1, -0.05) is 12.1 Å². The van der Waals surface area contributed by atoms with Crippen molar-refractivity contribution in [1.82, 2.24) is 0 Å². The predicted octanol–water partition coefficient (Wildman–Crippen LogP) is 4.20. The Morgan fingerprint density at radius 2 is 1.52 bits per heavy atom. The van der Waals surface area contributed by atoms with Crippen LogP contribution in [0.5, 0.6) is 5.75 Å². The Bertz CT molecular complexity index is 1200. The number of aryl methyl sites for hydroxylation is 1. The molecule has 0 unspecified atom stereocenters. The average Bonchev–Trinajstić information content (AvgIpc) is 2.82. The Labute approximate surface area is 189 Å². The van der Waals surface area contributed by atoms with Crippen molar-refractivity contribution in [3.8, 4) is 5.75 Å². The predicted molar refractivity (Wildman–Crippen MR) is 120 cm³/mol. The number of nitrogens with one attached hydrogen (secondary N) is 1. The number of rotatable bonds is 8. The number of carbonyl (C=O) groups excluding carboxylic acids is 3. The summed E-state index contributed by atoms with van der Waals surface area (Å²) in [6, 6.07) is 16.6. The highest BCUT2D eigenvalue weighted by Crippen LogP contribution is 2.20. The molecule has 0 bridgehead atoms. The lowest BCUT2D eigenvalue weighted by Gasteiger charge is -2.08. The van der Waals surface area contributed by atoms with Crippen molar-refractivity contribution in [1.29, 1.82) is 0 Å². The topological polar surface area (TPSA) is 125 Å². The number of carbonyl (C=O) groups is 3. The van der Waals surface area contributed by atoms with E-state index in [1.807, 2.05) is 0 Å². The summed E-state index contributed by atoms with van der Waals surface area (Å²) in [4.78, 5) is 47.3. The SMILES string of the molecule is COc1ccc(C(=O)Nc2ccc(C(=O)OCC(=O)c3ccc(C)c([N+](=O)[O-])c3)cc2)cc1. The molecule has 0 aromatic heterocycles. The van der Waals surface area contributed by atoms with Gasteiger partial charge >= 0.3 is 5.97 Å². The fourth-order valence-electron chi connectivity index (χ4n) is 2.91. The Morgan fingerprint density at radius 3 is 2.12 bits per heavy atom. The third kappa shape index (κ3) is 5.79. The van der Waals surface area contributed by atoms with E-state index in [0.29, 0.717) is 22.6 Å². The molecule has 0 saturated heterocycles. The first-order valence-corrected chi connectivity index (χ1v) is 9.79. The fourth-order valence-corrected chi connectivity index (χ4v) is 2.91. The van der Waals surface area contributed by atoms with Gasteiger partial charge in [0.25, 0.3) is 11.6 Å². The quantitative estimate of drug-likeness (QED) is 0.237. The third-order valence-corrected chi connectivity index (χ3v) is 4.79. The molecule has 1 N–H and O–H groups in total. The molecule has 0 radical (unpaired) electrons. The summed E-state index contributed by atoms with van der Waals surface area (Å²) in [5.74, 6) is -0.993. The third-order valence-electron chi connectivity index (χ3n) is 4.79. The van der Waals surface area contributed by atoms with Gasteiger partial charge in [0.2, 0.25) is 5.78 Å². The van der Waals surface area contributed by atoms with Crippen LogP contribution >= 0.6 is 0 Å². The van der Waals surface area contributed by atoms with Crippen LogP contribution in [0.4, 0.5) is 11.4 Å². The van der Waals surface area contributed by atoms with Crippen LogP contribution in [-0.2, 0) is 4.74 Å². The van der Waals surface area contributed by atoms with Crippen LogP contribution in [0.1, 0.15) is 36.6 Å². The number of esters is 1. The van der Waals surface area contributed by atoms with Gasteiger partial charge in [0.05, 0.1) is 17.6 Å². The zero-order valence-electron chi connectivity index (χ0n) is 17.9. The van der Waals surface area contributed by atoms with E-state index >= 15 is 0 Å². The number of anilines is 1. The molecule has 3 rings (SSSR count). The summed E-state index contributed by atoms with van der Waals surface area (Å²) in [7, 11) is 1.53. The van der Waals surface area contributed by atoms with Gasteiger partial charge in [-0.15, -0.1) is 0 Å². The van der Waals surface area contributed by atoms with E-state index in [2.05, 4.69) is 5.32 Å². The molecular formula is C24H20N2O7. The molecule has 0 aliphatic carbocycles. The van der Waals surface area contributed by atoms with Gasteiger partial charge in [-0.25, -0.2) is 4.79 Å². The molecule has 0 aliphatic heterocycles. The lowest BCUT2D eigenvalue weighted by molar-refractivity contribution is -0.385. The normalized spacial score (nSPS) is 10.2. The van der Waals surface area contributed by atoms with Crippen molar-refractivity contribution < 1.29 is 28.8 Å². The number of amides is 1. The minimum Gasteiger partial charge on any atom is -0.497 e. The molecular weight excluding hydrogens is 428 g/mol. The summed E-state index contributed by atoms with van der Waals surface area (Å²) in [5, 5.41) is 13.7. The number of ether oxygens (including phenoxy) is 2. The van der Waals surface area contributed by atoms with Gasteiger partial charge in [-0.3, -0.25) is 19.7 Å². The van der Waals surface area contributed by atoms with Crippen LogP contribution in [0.25, 0.3) is 0 Å². The van der Waals surface area contributed by atoms with E-state index in [9.17, 15) is 24.5 Å². The zero-order valence-corrected chi connectivity index (χ0v) is 17.9. The summed E-state index contributed by atoms with van der Waals surface area (Å²) in [5.41, 5.74) is 1.41. The van der Waals surface area contributed by atoms with Gasteiger partial charge in [0.1, 0.15) is 5.75 Å². The van der Waals surface area contributed by atoms with Crippen LogP contribution < -0.4 is 10.1 Å². The summed E-state index contributed by atoms with van der Waals surface area (Å²) in [6.45, 7) is 1.00. The molecule has 1 amide bonds. The second-order valence-corrected chi connectivity index (χ2v) is 7.02. The molecule has 33 heavy (non-hydrogen) atoms. The number of hydrogen-bond acceptors (Lipinski definition) is 7. The van der Waals surface area contributed by atoms with Crippen LogP contribution in [0.2, 0.25) is 0 Å². The van der Waals surface area contributed by atoms with Crippen molar-refractivity contribution in [2.45, 2.75) is 6.92 Å². The summed E-state index contributed by atoms with van der Waals surface area (Å²) >= 11 is 0. The standard InChI is InChI=1S/C24H20N2O7/c1-15-3-4-18(13-21(15)26(30)31)22(27)14-33-24(29)17-5-9-19(10-6-17)25-23(28)16-7-11-20(32-2)12-8-16/h3-13H,14H2,1-2H3,(H,25,28). The number of Topliss-reactive ketones (excluding diaryl/α,β-unsaturated/α-hetero) is 1. The number of hydrogen-bond donors (Lipinski definition) is 1. The largest absolute Gasteiger partial charge is 0.497 e. The molecule has 9 nitrogen and oxygen atoms in total. The molecule has 0 saturated carbocycles. The van der Waals surface area contributed by atoms with Crippen molar-refractivity contribution in [3.63, 3.8) is 0 Å². The molecule has 0 fully saturated rings. The highest BCUT2D eigenvalue weighted by Gasteiger charge is 2.17. The van der Waals surface area contributed by atoms with E-state index in [0.717, 1.165) is 6.07 Å². The Kier molecular flexibility index (Phi) is 7.14. The Balaban J connectivity index is 1.57. The first-order valence-electron chi connectivity index (χ1n) is 9.79. The van der Waals surface area contributed by atoms with Crippen LogP contribution in [0.15, 0.2) is 66.7 Å². The van der Waals surface area contributed by atoms with Gasteiger partial charge in [-0.2, -0.15) is 0 Å². The molecule has 0 heterocycles. The maximum absolute atomic E-state index is 12.3. The zero-order chi connectivity index (χ0) is 24.0.